The number of halogens is 1. The zero-order valence-corrected chi connectivity index (χ0v) is 13.4. The van der Waals surface area contributed by atoms with Gasteiger partial charge in [0, 0.05) is 15.5 Å². The van der Waals surface area contributed by atoms with E-state index in [0.717, 1.165) is 7.11 Å². The van der Waals surface area contributed by atoms with Crippen molar-refractivity contribution in [3.05, 3.63) is 50.5 Å². The van der Waals surface area contributed by atoms with Gasteiger partial charge in [0.1, 0.15) is 0 Å². The Morgan fingerprint density at radius 2 is 1.96 bits per heavy atom. The largest absolute Gasteiger partial charge is 0.466 e. The second kappa shape index (κ2) is 8.89. The zero-order valence-electron chi connectivity index (χ0n) is 12.7. The van der Waals surface area contributed by atoms with Crippen LogP contribution in [0.3, 0.4) is 0 Å². The quantitative estimate of drug-likeness (QED) is 0.327. The second-order valence-corrected chi connectivity index (χ2v) is 4.91. The normalized spacial score (nSPS) is 12.4. The maximum atomic E-state index is 11.8. The van der Waals surface area contributed by atoms with Crippen molar-refractivity contribution in [1.29, 1.82) is 0 Å². The van der Waals surface area contributed by atoms with Crippen molar-refractivity contribution in [3.63, 3.8) is 0 Å². The SMILES string of the molecule is CCOC(=O)C(C/C(=C\c1ccc(Cl)cc1)C(=O)OC)[N+](=O)[O-]. The summed E-state index contributed by atoms with van der Waals surface area (Å²) in [5.74, 6) is -1.75. The molecule has 8 heteroatoms. The monoisotopic (exact) mass is 341 g/mol. The number of methoxy groups -OCH3 is 1. The highest BCUT2D eigenvalue weighted by Crippen LogP contribution is 2.18. The molecule has 0 bridgehead atoms. The third-order valence-corrected chi connectivity index (χ3v) is 3.14. The average Bonchev–Trinajstić information content (AvgIpc) is 2.52. The van der Waals surface area contributed by atoms with Crippen LogP contribution >= 0.6 is 11.6 Å². The molecule has 0 aromatic heterocycles. The Bertz CT molecular complexity index is 611. The van der Waals surface area contributed by atoms with E-state index >= 15 is 0 Å². The molecule has 23 heavy (non-hydrogen) atoms. The molecule has 1 aromatic rings. The van der Waals surface area contributed by atoms with Crippen molar-refractivity contribution in [1.82, 2.24) is 0 Å². The van der Waals surface area contributed by atoms with E-state index < -0.39 is 29.3 Å². The summed E-state index contributed by atoms with van der Waals surface area (Å²) in [5.41, 5.74) is 0.588. The molecule has 124 valence electrons. The number of ether oxygens (including phenoxy) is 2. The number of esters is 2. The highest BCUT2D eigenvalue weighted by molar-refractivity contribution is 6.30. The predicted octanol–water partition coefficient (Wildman–Crippen LogP) is 2.49. The molecule has 1 rings (SSSR count). The molecule has 0 heterocycles. The molecular formula is C15H16ClNO6. The van der Waals surface area contributed by atoms with Crippen LogP contribution < -0.4 is 0 Å². The number of hydrogen-bond acceptors (Lipinski definition) is 6. The first-order chi connectivity index (χ1) is 10.9. The summed E-state index contributed by atoms with van der Waals surface area (Å²) in [5, 5.41) is 11.6. The highest BCUT2D eigenvalue weighted by Gasteiger charge is 2.34. The zero-order chi connectivity index (χ0) is 17.4. The molecule has 0 saturated carbocycles. The molecule has 1 unspecified atom stereocenters. The lowest BCUT2D eigenvalue weighted by Gasteiger charge is -2.10. The molecule has 7 nitrogen and oxygen atoms in total. The van der Waals surface area contributed by atoms with Crippen LogP contribution in [0, 0.1) is 10.1 Å². The summed E-state index contributed by atoms with van der Waals surface area (Å²) in [6.07, 6.45) is 0.985. The maximum absolute atomic E-state index is 11.8. The van der Waals surface area contributed by atoms with E-state index in [1.807, 2.05) is 0 Å². The van der Waals surface area contributed by atoms with Crippen LogP contribution in [0.25, 0.3) is 6.08 Å². The van der Waals surface area contributed by atoms with E-state index in [1.165, 1.54) is 6.08 Å². The third-order valence-electron chi connectivity index (χ3n) is 2.88. The Morgan fingerprint density at radius 1 is 1.35 bits per heavy atom. The summed E-state index contributed by atoms with van der Waals surface area (Å²) >= 11 is 5.78. The summed E-state index contributed by atoms with van der Waals surface area (Å²) in [6.45, 7) is 1.55. The van der Waals surface area contributed by atoms with Gasteiger partial charge in [0.15, 0.2) is 0 Å². The van der Waals surface area contributed by atoms with Gasteiger partial charge in [0.2, 0.25) is 0 Å². The molecule has 0 aliphatic heterocycles. The molecular weight excluding hydrogens is 326 g/mol. The molecule has 0 radical (unpaired) electrons. The van der Waals surface area contributed by atoms with Crippen molar-refractivity contribution in [2.75, 3.05) is 13.7 Å². The smallest absolute Gasteiger partial charge is 0.382 e. The molecule has 1 atom stereocenters. The molecule has 0 amide bonds. The third kappa shape index (κ3) is 5.71. The van der Waals surface area contributed by atoms with Crippen LogP contribution in [0.5, 0.6) is 0 Å². The van der Waals surface area contributed by atoms with E-state index in [-0.39, 0.29) is 12.2 Å². The first kappa shape index (κ1) is 18.6. The topological polar surface area (TPSA) is 95.7 Å². The van der Waals surface area contributed by atoms with Crippen molar-refractivity contribution >= 4 is 29.6 Å². The Hall–Kier alpha value is -2.41. The lowest BCUT2D eigenvalue weighted by molar-refractivity contribution is -0.509. The Morgan fingerprint density at radius 3 is 2.43 bits per heavy atom. The lowest BCUT2D eigenvalue weighted by Crippen LogP contribution is -2.33. The standard InChI is InChI=1S/C15H16ClNO6/c1-3-23-15(19)13(17(20)21)9-11(14(18)22-2)8-10-4-6-12(16)7-5-10/h4-8,13H,3,9H2,1-2H3/b11-8+. The van der Waals surface area contributed by atoms with Crippen LogP contribution in [0.2, 0.25) is 5.02 Å². The number of carbonyl (C=O) groups is 2. The van der Waals surface area contributed by atoms with Crippen LogP contribution in [-0.4, -0.2) is 36.6 Å². The molecule has 0 spiro atoms. The van der Waals surface area contributed by atoms with Crippen LogP contribution in [-0.2, 0) is 19.1 Å². The van der Waals surface area contributed by atoms with E-state index in [0.29, 0.717) is 10.6 Å². The first-order valence-electron chi connectivity index (χ1n) is 6.73. The van der Waals surface area contributed by atoms with Crippen molar-refractivity contribution in [2.45, 2.75) is 19.4 Å². The van der Waals surface area contributed by atoms with Crippen LogP contribution in [0.4, 0.5) is 0 Å². The van der Waals surface area contributed by atoms with Gasteiger partial charge in [-0.2, -0.15) is 0 Å². The first-order valence-corrected chi connectivity index (χ1v) is 7.11. The average molecular weight is 342 g/mol. The molecule has 0 N–H and O–H groups in total. The van der Waals surface area contributed by atoms with Gasteiger partial charge >= 0.3 is 18.0 Å². The van der Waals surface area contributed by atoms with Gasteiger partial charge in [0.25, 0.3) is 0 Å². The van der Waals surface area contributed by atoms with Crippen molar-refractivity contribution in [3.8, 4) is 0 Å². The summed E-state index contributed by atoms with van der Waals surface area (Å²) in [4.78, 5) is 33.8. The van der Waals surface area contributed by atoms with Gasteiger partial charge in [-0.1, -0.05) is 23.7 Å². The number of rotatable bonds is 7. The van der Waals surface area contributed by atoms with Gasteiger partial charge in [0.05, 0.1) is 20.1 Å². The van der Waals surface area contributed by atoms with E-state index in [4.69, 9.17) is 11.6 Å². The minimum absolute atomic E-state index is 0.00965. The second-order valence-electron chi connectivity index (χ2n) is 4.47. The predicted molar refractivity (Wildman–Crippen MR) is 83.5 cm³/mol. The Labute approximate surface area is 138 Å². The fraction of sp³-hybridized carbons (Fsp3) is 0.333. The number of carbonyl (C=O) groups excluding carboxylic acids is 2. The maximum Gasteiger partial charge on any atom is 0.382 e. The Kier molecular flexibility index (Phi) is 7.21. The van der Waals surface area contributed by atoms with Gasteiger partial charge in [-0.05, 0) is 30.7 Å². The number of nitrogens with zero attached hydrogens (tertiary/aromatic N) is 1. The van der Waals surface area contributed by atoms with E-state index in [2.05, 4.69) is 9.47 Å². The number of hydrogen-bond donors (Lipinski definition) is 0. The highest BCUT2D eigenvalue weighted by atomic mass is 35.5. The van der Waals surface area contributed by atoms with Gasteiger partial charge in [-0.3, -0.25) is 10.1 Å². The fourth-order valence-electron chi connectivity index (χ4n) is 1.78. The number of nitro groups is 1. The summed E-state index contributed by atoms with van der Waals surface area (Å²) in [6, 6.07) is 4.82. The molecule has 1 aromatic carbocycles. The van der Waals surface area contributed by atoms with Crippen LogP contribution in [0.15, 0.2) is 29.8 Å². The van der Waals surface area contributed by atoms with E-state index in [1.54, 1.807) is 31.2 Å². The summed E-state index contributed by atoms with van der Waals surface area (Å²) in [7, 11) is 1.16. The van der Waals surface area contributed by atoms with Gasteiger partial charge in [-0.15, -0.1) is 0 Å². The molecule has 0 aliphatic carbocycles. The van der Waals surface area contributed by atoms with E-state index in [9.17, 15) is 19.7 Å². The minimum atomic E-state index is -1.67. The van der Waals surface area contributed by atoms with Crippen LogP contribution in [0.1, 0.15) is 18.9 Å². The molecule has 0 fully saturated rings. The Balaban J connectivity index is 3.10. The minimum Gasteiger partial charge on any atom is -0.466 e. The van der Waals surface area contributed by atoms with Gasteiger partial charge < -0.3 is 9.47 Å². The molecule has 0 aliphatic rings. The molecule has 0 saturated heterocycles. The summed E-state index contributed by atoms with van der Waals surface area (Å²) < 4.78 is 9.29. The van der Waals surface area contributed by atoms with Gasteiger partial charge in [-0.25, -0.2) is 9.59 Å². The number of benzene rings is 1. The van der Waals surface area contributed by atoms with Crippen molar-refractivity contribution in [2.24, 2.45) is 0 Å². The lowest BCUT2D eigenvalue weighted by atomic mass is 10.0. The van der Waals surface area contributed by atoms with Crippen molar-refractivity contribution < 1.29 is 24.0 Å². The fourth-order valence-corrected chi connectivity index (χ4v) is 1.91.